The summed E-state index contributed by atoms with van der Waals surface area (Å²) in [6, 6.07) is 7.02. The molecule has 0 saturated heterocycles. The minimum absolute atomic E-state index is 0.252. The van der Waals surface area contributed by atoms with Gasteiger partial charge in [0.15, 0.2) is 0 Å². The number of nitrogens with two attached hydrogens (primary N) is 1. The first-order valence-corrected chi connectivity index (χ1v) is 6.77. The van der Waals surface area contributed by atoms with Gasteiger partial charge >= 0.3 is 0 Å². The molecular weight excluding hydrogens is 269 g/mol. The Bertz CT molecular complexity index is 543. The lowest BCUT2D eigenvalue weighted by Crippen LogP contribution is -2.28. The van der Waals surface area contributed by atoms with Gasteiger partial charge < -0.3 is 10.5 Å². The van der Waals surface area contributed by atoms with E-state index in [0.717, 1.165) is 0 Å². The van der Waals surface area contributed by atoms with Crippen LogP contribution in [0.5, 0.6) is 0 Å². The SMILES string of the molecule is COCCN(CCC#N)Cc1ccc(C#CCN)cc1F. The molecular formula is C16H20FN3O. The summed E-state index contributed by atoms with van der Waals surface area (Å²) in [7, 11) is 1.62. The van der Waals surface area contributed by atoms with Crippen LogP contribution < -0.4 is 5.73 Å². The van der Waals surface area contributed by atoms with Crippen molar-refractivity contribution in [2.45, 2.75) is 13.0 Å². The van der Waals surface area contributed by atoms with E-state index in [0.29, 0.717) is 43.8 Å². The van der Waals surface area contributed by atoms with Gasteiger partial charge in [0, 0.05) is 44.3 Å². The third-order valence-corrected chi connectivity index (χ3v) is 2.93. The zero-order chi connectivity index (χ0) is 15.5. The van der Waals surface area contributed by atoms with Crippen molar-refractivity contribution >= 4 is 0 Å². The Hall–Kier alpha value is -1.92. The minimum Gasteiger partial charge on any atom is -0.383 e. The molecule has 2 N–H and O–H groups in total. The van der Waals surface area contributed by atoms with E-state index >= 15 is 0 Å². The van der Waals surface area contributed by atoms with Crippen LogP contribution in [-0.4, -0.2) is 38.3 Å². The van der Waals surface area contributed by atoms with Gasteiger partial charge in [0.1, 0.15) is 5.82 Å². The average Bonchev–Trinajstić information content (AvgIpc) is 2.49. The lowest BCUT2D eigenvalue weighted by molar-refractivity contribution is 0.144. The highest BCUT2D eigenvalue weighted by atomic mass is 19.1. The summed E-state index contributed by atoms with van der Waals surface area (Å²) in [6.07, 6.45) is 0.408. The zero-order valence-electron chi connectivity index (χ0n) is 12.2. The Morgan fingerprint density at radius 3 is 2.81 bits per heavy atom. The number of nitriles is 1. The van der Waals surface area contributed by atoms with Crippen LogP contribution in [0.15, 0.2) is 18.2 Å². The van der Waals surface area contributed by atoms with Crippen LogP contribution in [-0.2, 0) is 11.3 Å². The number of nitrogens with zero attached hydrogens (tertiary/aromatic N) is 2. The topological polar surface area (TPSA) is 62.3 Å². The fourth-order valence-electron chi connectivity index (χ4n) is 1.85. The number of benzene rings is 1. The highest BCUT2D eigenvalue weighted by Gasteiger charge is 2.09. The highest BCUT2D eigenvalue weighted by molar-refractivity contribution is 5.37. The van der Waals surface area contributed by atoms with E-state index in [1.165, 1.54) is 6.07 Å². The second kappa shape index (κ2) is 9.90. The molecule has 0 atom stereocenters. The van der Waals surface area contributed by atoms with E-state index < -0.39 is 0 Å². The number of rotatable bonds is 7. The molecule has 0 spiro atoms. The molecule has 0 unspecified atom stereocenters. The molecule has 0 saturated carbocycles. The zero-order valence-corrected chi connectivity index (χ0v) is 12.2. The van der Waals surface area contributed by atoms with Crippen LogP contribution in [0.4, 0.5) is 4.39 Å². The average molecular weight is 289 g/mol. The van der Waals surface area contributed by atoms with E-state index in [4.69, 9.17) is 15.7 Å². The summed E-state index contributed by atoms with van der Waals surface area (Å²) in [4.78, 5) is 2.00. The second-order valence-corrected chi connectivity index (χ2v) is 4.49. The Morgan fingerprint density at radius 2 is 2.19 bits per heavy atom. The number of ether oxygens (including phenoxy) is 1. The molecule has 112 valence electrons. The predicted molar refractivity (Wildman–Crippen MR) is 79.7 cm³/mol. The van der Waals surface area contributed by atoms with Gasteiger partial charge in [-0.3, -0.25) is 4.90 Å². The lowest BCUT2D eigenvalue weighted by Gasteiger charge is -2.21. The fraction of sp³-hybridized carbons (Fsp3) is 0.438. The van der Waals surface area contributed by atoms with Crippen molar-refractivity contribution in [2.24, 2.45) is 5.73 Å². The molecule has 21 heavy (non-hydrogen) atoms. The summed E-state index contributed by atoms with van der Waals surface area (Å²) in [5, 5.41) is 8.67. The van der Waals surface area contributed by atoms with Gasteiger partial charge in [-0.15, -0.1) is 0 Å². The minimum atomic E-state index is -0.293. The maximum atomic E-state index is 14.1. The first-order chi connectivity index (χ1) is 10.2. The molecule has 1 aromatic rings. The predicted octanol–water partition coefficient (Wildman–Crippen LogP) is 1.50. The first kappa shape index (κ1) is 17.1. The molecule has 5 heteroatoms. The molecule has 1 rings (SSSR count). The van der Waals surface area contributed by atoms with Crippen molar-refractivity contribution < 1.29 is 9.13 Å². The summed E-state index contributed by atoms with van der Waals surface area (Å²) < 4.78 is 19.1. The molecule has 0 heterocycles. The van der Waals surface area contributed by atoms with E-state index in [9.17, 15) is 4.39 Å². The Morgan fingerprint density at radius 1 is 1.38 bits per heavy atom. The van der Waals surface area contributed by atoms with Gasteiger partial charge in [0.25, 0.3) is 0 Å². The number of methoxy groups -OCH3 is 1. The molecule has 0 aliphatic rings. The Kier molecular flexibility index (Phi) is 8.08. The number of hydrogen-bond acceptors (Lipinski definition) is 4. The van der Waals surface area contributed by atoms with Crippen molar-refractivity contribution in [3.63, 3.8) is 0 Å². The normalized spacial score (nSPS) is 10.0. The fourth-order valence-corrected chi connectivity index (χ4v) is 1.85. The van der Waals surface area contributed by atoms with Crippen LogP contribution in [0.2, 0.25) is 0 Å². The Labute approximate surface area is 125 Å². The van der Waals surface area contributed by atoms with Gasteiger partial charge in [-0.1, -0.05) is 17.9 Å². The summed E-state index contributed by atoms with van der Waals surface area (Å²) in [5.41, 5.74) is 6.49. The summed E-state index contributed by atoms with van der Waals surface area (Å²) in [6.45, 7) is 2.50. The molecule has 0 radical (unpaired) electrons. The van der Waals surface area contributed by atoms with Gasteiger partial charge in [-0.05, 0) is 12.1 Å². The Balaban J connectivity index is 2.76. The lowest BCUT2D eigenvalue weighted by atomic mass is 10.1. The maximum Gasteiger partial charge on any atom is 0.128 e. The molecule has 0 fully saturated rings. The third kappa shape index (κ3) is 6.37. The van der Waals surface area contributed by atoms with E-state index in [-0.39, 0.29) is 12.4 Å². The molecule has 0 aromatic heterocycles. The summed E-state index contributed by atoms with van der Waals surface area (Å²) in [5.74, 6) is 5.21. The molecule has 4 nitrogen and oxygen atoms in total. The van der Waals surface area contributed by atoms with Gasteiger partial charge in [0.2, 0.25) is 0 Å². The van der Waals surface area contributed by atoms with Crippen molar-refractivity contribution in [2.75, 3.05) is 33.4 Å². The van der Waals surface area contributed by atoms with E-state index in [1.807, 2.05) is 4.90 Å². The van der Waals surface area contributed by atoms with Crippen LogP contribution in [0.3, 0.4) is 0 Å². The van der Waals surface area contributed by atoms with Gasteiger partial charge in [-0.2, -0.15) is 5.26 Å². The van der Waals surface area contributed by atoms with Crippen molar-refractivity contribution in [1.82, 2.24) is 4.90 Å². The highest BCUT2D eigenvalue weighted by Crippen LogP contribution is 2.13. The van der Waals surface area contributed by atoms with Crippen LogP contribution in [0.25, 0.3) is 0 Å². The maximum absolute atomic E-state index is 14.1. The van der Waals surface area contributed by atoms with Crippen LogP contribution >= 0.6 is 0 Å². The molecule has 0 amide bonds. The largest absolute Gasteiger partial charge is 0.383 e. The number of halogens is 1. The smallest absolute Gasteiger partial charge is 0.128 e. The first-order valence-electron chi connectivity index (χ1n) is 6.77. The van der Waals surface area contributed by atoms with Crippen LogP contribution in [0.1, 0.15) is 17.5 Å². The van der Waals surface area contributed by atoms with Gasteiger partial charge in [0.05, 0.1) is 19.2 Å². The van der Waals surface area contributed by atoms with Crippen molar-refractivity contribution in [3.05, 3.63) is 35.1 Å². The van der Waals surface area contributed by atoms with E-state index in [2.05, 4.69) is 17.9 Å². The quantitative estimate of drug-likeness (QED) is 0.773. The molecule has 0 aliphatic heterocycles. The molecule has 0 aliphatic carbocycles. The van der Waals surface area contributed by atoms with Gasteiger partial charge in [-0.25, -0.2) is 4.39 Å². The molecule has 1 aromatic carbocycles. The summed E-state index contributed by atoms with van der Waals surface area (Å²) >= 11 is 0. The van der Waals surface area contributed by atoms with Crippen molar-refractivity contribution in [1.29, 1.82) is 5.26 Å². The van der Waals surface area contributed by atoms with Crippen LogP contribution in [0, 0.1) is 29.0 Å². The third-order valence-electron chi connectivity index (χ3n) is 2.93. The monoisotopic (exact) mass is 289 g/mol. The standard InChI is InChI=1S/C16H20FN3O/c1-21-11-10-20(9-3-8-19)13-15-6-5-14(4-2-7-18)12-16(15)17/h5-6,12H,3,7,9-11,13,18H2,1H3. The second-order valence-electron chi connectivity index (χ2n) is 4.49. The van der Waals surface area contributed by atoms with Crippen molar-refractivity contribution in [3.8, 4) is 17.9 Å². The van der Waals surface area contributed by atoms with E-state index in [1.54, 1.807) is 19.2 Å². The number of hydrogen-bond donors (Lipinski definition) is 1. The molecule has 0 bridgehead atoms.